The van der Waals surface area contributed by atoms with Crippen LogP contribution in [0, 0.1) is 0 Å². The number of piperazine rings is 1. The topological polar surface area (TPSA) is 26.1 Å². The SMILES string of the molecule is CCOc1ccc(C[NH+]2CCN(c3ccc(OC)cc3)CC2)cc1. The summed E-state index contributed by atoms with van der Waals surface area (Å²) in [6.07, 6.45) is 0. The van der Waals surface area contributed by atoms with Crippen molar-refractivity contribution in [3.05, 3.63) is 54.1 Å². The zero-order chi connectivity index (χ0) is 16.8. The van der Waals surface area contributed by atoms with Crippen LogP contribution in [0.4, 0.5) is 5.69 Å². The van der Waals surface area contributed by atoms with Gasteiger partial charge in [-0.25, -0.2) is 0 Å². The highest BCUT2D eigenvalue weighted by molar-refractivity contribution is 5.49. The summed E-state index contributed by atoms with van der Waals surface area (Å²) >= 11 is 0. The van der Waals surface area contributed by atoms with Crippen LogP contribution in [0.1, 0.15) is 12.5 Å². The largest absolute Gasteiger partial charge is 0.497 e. The summed E-state index contributed by atoms with van der Waals surface area (Å²) in [6, 6.07) is 16.9. The maximum Gasteiger partial charge on any atom is 0.119 e. The molecule has 0 radical (unpaired) electrons. The lowest BCUT2D eigenvalue weighted by Crippen LogP contribution is -3.13. The maximum absolute atomic E-state index is 5.51. The molecule has 3 rings (SSSR count). The second-order valence-electron chi connectivity index (χ2n) is 6.19. The third-order valence-corrected chi connectivity index (χ3v) is 4.60. The molecule has 0 aliphatic carbocycles. The molecule has 1 N–H and O–H groups in total. The Balaban J connectivity index is 1.51. The van der Waals surface area contributed by atoms with E-state index in [2.05, 4.69) is 41.3 Å². The summed E-state index contributed by atoms with van der Waals surface area (Å²) in [4.78, 5) is 4.10. The lowest BCUT2D eigenvalue weighted by molar-refractivity contribution is -0.914. The standard InChI is InChI=1S/C20H26N2O2/c1-3-24-20-8-4-17(5-9-20)16-21-12-14-22(15-13-21)18-6-10-19(23-2)11-7-18/h4-11H,3,12-16H2,1-2H3/p+1. The lowest BCUT2D eigenvalue weighted by atomic mass is 10.2. The molecule has 2 aromatic rings. The van der Waals surface area contributed by atoms with Gasteiger partial charge in [0.05, 0.1) is 39.9 Å². The van der Waals surface area contributed by atoms with Gasteiger partial charge in [-0.05, 0) is 55.5 Å². The molecule has 1 saturated heterocycles. The Kier molecular flexibility index (Phi) is 5.59. The van der Waals surface area contributed by atoms with E-state index in [1.165, 1.54) is 24.3 Å². The third kappa shape index (κ3) is 4.20. The predicted octanol–water partition coefficient (Wildman–Crippen LogP) is 2.00. The van der Waals surface area contributed by atoms with E-state index in [0.29, 0.717) is 0 Å². The monoisotopic (exact) mass is 327 g/mol. The van der Waals surface area contributed by atoms with Gasteiger partial charge in [-0.2, -0.15) is 0 Å². The molecule has 128 valence electrons. The number of nitrogens with zero attached hydrogens (tertiary/aromatic N) is 1. The molecule has 0 atom stereocenters. The van der Waals surface area contributed by atoms with E-state index in [-0.39, 0.29) is 0 Å². The van der Waals surface area contributed by atoms with Crippen molar-refractivity contribution in [2.24, 2.45) is 0 Å². The molecule has 4 nitrogen and oxygen atoms in total. The van der Waals surface area contributed by atoms with E-state index in [1.807, 2.05) is 19.1 Å². The molecule has 1 aliphatic rings. The van der Waals surface area contributed by atoms with Crippen LogP contribution in [0.3, 0.4) is 0 Å². The highest BCUT2D eigenvalue weighted by atomic mass is 16.5. The molecule has 0 saturated carbocycles. The smallest absolute Gasteiger partial charge is 0.119 e. The zero-order valence-electron chi connectivity index (χ0n) is 14.6. The number of nitrogens with one attached hydrogen (secondary N) is 1. The molecule has 2 aromatic carbocycles. The van der Waals surface area contributed by atoms with Crippen molar-refractivity contribution in [3.63, 3.8) is 0 Å². The Labute approximate surface area is 144 Å². The number of rotatable bonds is 6. The Morgan fingerprint density at radius 1 is 0.917 bits per heavy atom. The van der Waals surface area contributed by atoms with Gasteiger partial charge in [-0.1, -0.05) is 0 Å². The first-order valence-electron chi connectivity index (χ1n) is 8.73. The highest BCUT2D eigenvalue weighted by Crippen LogP contribution is 2.19. The predicted molar refractivity (Wildman–Crippen MR) is 97.2 cm³/mol. The Hall–Kier alpha value is -2.20. The Bertz CT molecular complexity index is 617. The molecule has 4 heteroatoms. The van der Waals surface area contributed by atoms with Gasteiger partial charge < -0.3 is 19.3 Å². The first-order chi connectivity index (χ1) is 11.8. The van der Waals surface area contributed by atoms with Gasteiger partial charge in [0.1, 0.15) is 18.0 Å². The number of methoxy groups -OCH3 is 1. The van der Waals surface area contributed by atoms with Crippen molar-refractivity contribution in [2.75, 3.05) is 44.8 Å². The molecule has 1 heterocycles. The van der Waals surface area contributed by atoms with E-state index in [0.717, 1.165) is 37.7 Å². The van der Waals surface area contributed by atoms with Crippen LogP contribution in [0.15, 0.2) is 48.5 Å². The van der Waals surface area contributed by atoms with Crippen molar-refractivity contribution in [1.82, 2.24) is 0 Å². The number of benzene rings is 2. The fourth-order valence-electron chi connectivity index (χ4n) is 3.21. The van der Waals surface area contributed by atoms with Crippen LogP contribution in [0.25, 0.3) is 0 Å². The summed E-state index contributed by atoms with van der Waals surface area (Å²) in [7, 11) is 1.71. The minimum absolute atomic E-state index is 0.720. The van der Waals surface area contributed by atoms with Crippen LogP contribution < -0.4 is 19.3 Å². The molecule has 0 unspecified atom stereocenters. The van der Waals surface area contributed by atoms with Gasteiger partial charge in [0.2, 0.25) is 0 Å². The lowest BCUT2D eigenvalue weighted by Gasteiger charge is -2.33. The summed E-state index contributed by atoms with van der Waals surface area (Å²) in [5.74, 6) is 1.87. The first-order valence-corrected chi connectivity index (χ1v) is 8.73. The molecular weight excluding hydrogens is 300 g/mol. The second kappa shape index (κ2) is 8.06. The molecule has 24 heavy (non-hydrogen) atoms. The van der Waals surface area contributed by atoms with E-state index in [1.54, 1.807) is 12.0 Å². The van der Waals surface area contributed by atoms with Crippen molar-refractivity contribution in [3.8, 4) is 11.5 Å². The summed E-state index contributed by atoms with van der Waals surface area (Å²) in [5.41, 5.74) is 2.67. The summed E-state index contributed by atoms with van der Waals surface area (Å²) in [6.45, 7) is 8.34. The maximum atomic E-state index is 5.51. The minimum Gasteiger partial charge on any atom is -0.497 e. The van der Waals surface area contributed by atoms with Gasteiger partial charge in [0.15, 0.2) is 0 Å². The quantitative estimate of drug-likeness (QED) is 0.879. The second-order valence-corrected chi connectivity index (χ2v) is 6.19. The van der Waals surface area contributed by atoms with E-state index in [4.69, 9.17) is 9.47 Å². The molecule has 1 aliphatic heterocycles. The normalized spacial score (nSPS) is 15.3. The number of hydrogen-bond acceptors (Lipinski definition) is 3. The Morgan fingerprint density at radius 3 is 2.12 bits per heavy atom. The average Bonchev–Trinajstić information content (AvgIpc) is 2.64. The first kappa shape index (κ1) is 16.7. The molecular formula is C20H27N2O2+. The zero-order valence-corrected chi connectivity index (χ0v) is 14.6. The average molecular weight is 327 g/mol. The minimum atomic E-state index is 0.720. The van der Waals surface area contributed by atoms with Gasteiger partial charge in [-0.3, -0.25) is 0 Å². The molecule has 1 fully saturated rings. The van der Waals surface area contributed by atoms with Crippen LogP contribution in [-0.2, 0) is 6.54 Å². The Morgan fingerprint density at radius 2 is 1.54 bits per heavy atom. The van der Waals surface area contributed by atoms with Crippen LogP contribution in [0.5, 0.6) is 11.5 Å². The van der Waals surface area contributed by atoms with Gasteiger partial charge in [-0.15, -0.1) is 0 Å². The highest BCUT2D eigenvalue weighted by Gasteiger charge is 2.20. The third-order valence-electron chi connectivity index (χ3n) is 4.60. The number of anilines is 1. The van der Waals surface area contributed by atoms with Crippen LogP contribution in [0.2, 0.25) is 0 Å². The van der Waals surface area contributed by atoms with E-state index in [9.17, 15) is 0 Å². The summed E-state index contributed by atoms with van der Waals surface area (Å²) in [5, 5.41) is 0. The van der Waals surface area contributed by atoms with E-state index >= 15 is 0 Å². The van der Waals surface area contributed by atoms with Crippen molar-refractivity contribution in [2.45, 2.75) is 13.5 Å². The van der Waals surface area contributed by atoms with Crippen molar-refractivity contribution in [1.29, 1.82) is 0 Å². The van der Waals surface area contributed by atoms with E-state index < -0.39 is 0 Å². The fraction of sp³-hybridized carbons (Fsp3) is 0.400. The molecule has 0 aromatic heterocycles. The van der Waals surface area contributed by atoms with Gasteiger partial charge in [0.25, 0.3) is 0 Å². The van der Waals surface area contributed by atoms with Gasteiger partial charge in [0, 0.05) is 11.3 Å². The number of ether oxygens (including phenoxy) is 2. The van der Waals surface area contributed by atoms with Crippen LogP contribution in [-0.4, -0.2) is 39.9 Å². The molecule has 0 spiro atoms. The molecule has 0 amide bonds. The van der Waals surface area contributed by atoms with Crippen LogP contribution >= 0.6 is 0 Å². The molecule has 0 bridgehead atoms. The number of quaternary nitrogens is 1. The van der Waals surface area contributed by atoms with Crippen molar-refractivity contribution >= 4 is 5.69 Å². The number of hydrogen-bond donors (Lipinski definition) is 1. The summed E-state index contributed by atoms with van der Waals surface area (Å²) < 4.78 is 10.7. The fourth-order valence-corrected chi connectivity index (χ4v) is 3.21. The van der Waals surface area contributed by atoms with Crippen molar-refractivity contribution < 1.29 is 14.4 Å². The van der Waals surface area contributed by atoms with Gasteiger partial charge >= 0.3 is 0 Å².